The van der Waals surface area contributed by atoms with E-state index in [1.54, 1.807) is 6.33 Å². The number of hydrogen-bond acceptors (Lipinski definition) is 6. The van der Waals surface area contributed by atoms with Gasteiger partial charge in [0.05, 0.1) is 25.6 Å². The number of imidazole rings is 1. The summed E-state index contributed by atoms with van der Waals surface area (Å²) in [6, 6.07) is 0.243. The number of rotatable bonds is 4. The van der Waals surface area contributed by atoms with Crippen LogP contribution in [0, 0.1) is 5.41 Å². The van der Waals surface area contributed by atoms with E-state index < -0.39 is 0 Å². The number of nitrogen functional groups attached to an aromatic ring is 1. The summed E-state index contributed by atoms with van der Waals surface area (Å²) in [5.41, 5.74) is 7.74. The number of likely N-dealkylation sites (tertiary alicyclic amines) is 1. The second kappa shape index (κ2) is 5.17. The van der Waals surface area contributed by atoms with Crippen molar-refractivity contribution in [2.45, 2.75) is 32.2 Å². The molecule has 0 saturated carbocycles. The van der Waals surface area contributed by atoms with Crippen LogP contribution >= 0.6 is 0 Å². The Bertz CT molecular complexity index is 674. The normalized spacial score (nSPS) is 24.7. The number of nitrogens with one attached hydrogen (secondary N) is 1. The number of hydrogen-bond donors (Lipinski definition) is 2. The Morgan fingerprint density at radius 1 is 1.45 bits per heavy atom. The third kappa shape index (κ3) is 2.16. The molecular formula is C15H22N6O. The van der Waals surface area contributed by atoms with E-state index in [2.05, 4.69) is 31.8 Å². The summed E-state index contributed by atoms with van der Waals surface area (Å²) in [6.07, 6.45) is 5.02. The Labute approximate surface area is 129 Å². The first-order chi connectivity index (χ1) is 10.7. The molecular weight excluding hydrogens is 280 g/mol. The molecule has 0 spiro atoms. The zero-order chi connectivity index (χ0) is 15.2. The first-order valence-electron chi connectivity index (χ1n) is 7.99. The highest BCUT2D eigenvalue weighted by molar-refractivity contribution is 5.80. The average Bonchev–Trinajstić information content (AvgIpc) is 3.11. The SMILES string of the molecule is CCC1(CN2CCCC2c2nc(N)c3[nH]cnc3n2)COC1. The van der Waals surface area contributed by atoms with Gasteiger partial charge in [-0.3, -0.25) is 4.90 Å². The molecule has 0 amide bonds. The number of nitrogens with two attached hydrogens (primary N) is 1. The van der Waals surface area contributed by atoms with Crippen LogP contribution in [0.3, 0.4) is 0 Å². The molecule has 7 nitrogen and oxygen atoms in total. The van der Waals surface area contributed by atoms with Gasteiger partial charge in [0.25, 0.3) is 0 Å². The summed E-state index contributed by atoms with van der Waals surface area (Å²) in [6.45, 7) is 6.13. The Balaban J connectivity index is 1.61. The van der Waals surface area contributed by atoms with Crippen molar-refractivity contribution in [1.82, 2.24) is 24.8 Å². The van der Waals surface area contributed by atoms with Crippen LogP contribution in [-0.4, -0.2) is 51.1 Å². The number of fused-ring (bicyclic) bond motifs is 1. The summed E-state index contributed by atoms with van der Waals surface area (Å²) in [7, 11) is 0. The lowest BCUT2D eigenvalue weighted by Crippen LogP contribution is -2.50. The predicted molar refractivity (Wildman–Crippen MR) is 83.2 cm³/mol. The van der Waals surface area contributed by atoms with Crippen molar-refractivity contribution in [3.63, 3.8) is 0 Å². The van der Waals surface area contributed by atoms with Crippen LogP contribution in [0.25, 0.3) is 11.2 Å². The molecule has 22 heavy (non-hydrogen) atoms. The quantitative estimate of drug-likeness (QED) is 0.889. The van der Waals surface area contributed by atoms with Crippen molar-refractivity contribution in [1.29, 1.82) is 0 Å². The highest BCUT2D eigenvalue weighted by Gasteiger charge is 2.41. The van der Waals surface area contributed by atoms with Crippen molar-refractivity contribution < 1.29 is 4.74 Å². The molecule has 1 unspecified atom stereocenters. The van der Waals surface area contributed by atoms with Crippen LogP contribution in [-0.2, 0) is 4.74 Å². The predicted octanol–water partition coefficient (Wildman–Crippen LogP) is 1.50. The highest BCUT2D eigenvalue weighted by Crippen LogP contribution is 2.38. The molecule has 2 fully saturated rings. The lowest BCUT2D eigenvalue weighted by Gasteiger charge is -2.44. The molecule has 2 aliphatic rings. The van der Waals surface area contributed by atoms with Crippen LogP contribution in [0.4, 0.5) is 5.82 Å². The first kappa shape index (κ1) is 13.9. The Kier molecular flexibility index (Phi) is 3.27. The van der Waals surface area contributed by atoms with Gasteiger partial charge in [-0.1, -0.05) is 6.92 Å². The number of aromatic amines is 1. The van der Waals surface area contributed by atoms with E-state index in [0.29, 0.717) is 16.9 Å². The van der Waals surface area contributed by atoms with E-state index in [1.165, 1.54) is 6.42 Å². The van der Waals surface area contributed by atoms with Crippen molar-refractivity contribution in [3.8, 4) is 0 Å². The van der Waals surface area contributed by atoms with Gasteiger partial charge in [-0.2, -0.15) is 0 Å². The van der Waals surface area contributed by atoms with Crippen molar-refractivity contribution in [2.75, 3.05) is 32.0 Å². The first-order valence-corrected chi connectivity index (χ1v) is 7.99. The summed E-state index contributed by atoms with van der Waals surface area (Å²) >= 11 is 0. The number of anilines is 1. The third-order valence-electron chi connectivity index (χ3n) is 5.10. The highest BCUT2D eigenvalue weighted by atomic mass is 16.5. The van der Waals surface area contributed by atoms with Gasteiger partial charge in [0.1, 0.15) is 5.52 Å². The minimum atomic E-state index is 0.243. The van der Waals surface area contributed by atoms with E-state index in [0.717, 1.165) is 50.5 Å². The topological polar surface area (TPSA) is 93.0 Å². The van der Waals surface area contributed by atoms with E-state index >= 15 is 0 Å². The van der Waals surface area contributed by atoms with Gasteiger partial charge in [0, 0.05) is 12.0 Å². The summed E-state index contributed by atoms with van der Waals surface area (Å²) in [5, 5.41) is 0. The van der Waals surface area contributed by atoms with Gasteiger partial charge in [-0.15, -0.1) is 0 Å². The molecule has 2 aromatic heterocycles. The number of H-pyrrole nitrogens is 1. The number of nitrogens with zero attached hydrogens (tertiary/aromatic N) is 4. The smallest absolute Gasteiger partial charge is 0.183 e. The van der Waals surface area contributed by atoms with Gasteiger partial charge in [-0.05, 0) is 25.8 Å². The Hall–Kier alpha value is -1.73. The van der Waals surface area contributed by atoms with Crippen LogP contribution in [0.5, 0.6) is 0 Å². The molecule has 0 radical (unpaired) electrons. The fourth-order valence-electron chi connectivity index (χ4n) is 3.56. The second-order valence-electron chi connectivity index (χ2n) is 6.54. The molecule has 0 bridgehead atoms. The van der Waals surface area contributed by atoms with E-state index in [1.807, 2.05) is 0 Å². The van der Waals surface area contributed by atoms with E-state index in [4.69, 9.17) is 10.5 Å². The fourth-order valence-corrected chi connectivity index (χ4v) is 3.56. The summed E-state index contributed by atoms with van der Waals surface area (Å²) in [5.74, 6) is 1.29. The molecule has 3 N–H and O–H groups in total. The largest absolute Gasteiger partial charge is 0.382 e. The van der Waals surface area contributed by atoms with Crippen LogP contribution in [0.1, 0.15) is 38.1 Å². The van der Waals surface area contributed by atoms with Crippen LogP contribution in [0.15, 0.2) is 6.33 Å². The maximum atomic E-state index is 6.04. The standard InChI is InChI=1S/C15H22N6O/c1-2-15(7-22-8-15)6-21-5-3-4-10(21)13-19-12(16)11-14(20-13)18-9-17-11/h9-10H,2-8H2,1H3,(H3,16,17,18,19,20). The van der Waals surface area contributed by atoms with Gasteiger partial charge in [-0.25, -0.2) is 15.0 Å². The molecule has 2 aliphatic heterocycles. The molecule has 7 heteroatoms. The van der Waals surface area contributed by atoms with E-state index in [9.17, 15) is 0 Å². The molecule has 2 saturated heterocycles. The molecule has 118 valence electrons. The molecule has 4 rings (SSSR count). The molecule has 4 heterocycles. The Morgan fingerprint density at radius 3 is 3.05 bits per heavy atom. The lowest BCUT2D eigenvalue weighted by molar-refractivity contribution is -0.129. The van der Waals surface area contributed by atoms with Gasteiger partial charge < -0.3 is 15.5 Å². The lowest BCUT2D eigenvalue weighted by atomic mass is 9.82. The molecule has 2 aromatic rings. The second-order valence-corrected chi connectivity index (χ2v) is 6.54. The zero-order valence-corrected chi connectivity index (χ0v) is 12.9. The van der Waals surface area contributed by atoms with Gasteiger partial charge in [0.2, 0.25) is 0 Å². The maximum Gasteiger partial charge on any atom is 0.183 e. The molecule has 0 aromatic carbocycles. The van der Waals surface area contributed by atoms with Gasteiger partial charge in [0.15, 0.2) is 17.3 Å². The van der Waals surface area contributed by atoms with E-state index in [-0.39, 0.29) is 6.04 Å². The van der Waals surface area contributed by atoms with Crippen LogP contribution < -0.4 is 5.73 Å². The van der Waals surface area contributed by atoms with Crippen molar-refractivity contribution >= 4 is 17.0 Å². The van der Waals surface area contributed by atoms with Crippen LogP contribution in [0.2, 0.25) is 0 Å². The molecule has 1 atom stereocenters. The summed E-state index contributed by atoms with van der Waals surface area (Å²) < 4.78 is 5.45. The number of aromatic nitrogens is 4. The van der Waals surface area contributed by atoms with Gasteiger partial charge >= 0.3 is 0 Å². The Morgan fingerprint density at radius 2 is 2.32 bits per heavy atom. The van der Waals surface area contributed by atoms with Crippen molar-refractivity contribution in [3.05, 3.63) is 12.2 Å². The number of ether oxygens (including phenoxy) is 1. The summed E-state index contributed by atoms with van der Waals surface area (Å²) in [4.78, 5) is 18.9. The minimum absolute atomic E-state index is 0.243. The monoisotopic (exact) mass is 302 g/mol. The molecule has 0 aliphatic carbocycles. The fraction of sp³-hybridized carbons (Fsp3) is 0.667. The zero-order valence-electron chi connectivity index (χ0n) is 12.9. The third-order valence-corrected chi connectivity index (χ3v) is 5.10. The average molecular weight is 302 g/mol. The minimum Gasteiger partial charge on any atom is -0.382 e. The van der Waals surface area contributed by atoms with Crippen molar-refractivity contribution in [2.24, 2.45) is 5.41 Å². The maximum absolute atomic E-state index is 6.04.